The Labute approximate surface area is 99.3 Å². The topological polar surface area (TPSA) is 54.7 Å². The lowest BCUT2D eigenvalue weighted by molar-refractivity contribution is 1.12. The number of anilines is 1. The molecule has 84 valence electrons. The number of nitrogens with two attached hydrogens (primary N) is 1. The van der Waals surface area contributed by atoms with Crippen LogP contribution in [0.25, 0.3) is 22.2 Å². The molecule has 0 aliphatic carbocycles. The van der Waals surface area contributed by atoms with Crippen molar-refractivity contribution in [3.63, 3.8) is 0 Å². The molecule has 0 saturated heterocycles. The summed E-state index contributed by atoms with van der Waals surface area (Å²) in [6.07, 6.45) is 0. The van der Waals surface area contributed by atoms with Crippen LogP contribution in [0.15, 0.2) is 42.5 Å². The van der Waals surface area contributed by atoms with Gasteiger partial charge in [-0.2, -0.15) is 5.10 Å². The van der Waals surface area contributed by atoms with E-state index in [1.54, 1.807) is 0 Å². The molecule has 0 radical (unpaired) electrons. The van der Waals surface area contributed by atoms with Gasteiger partial charge in [0.25, 0.3) is 0 Å². The number of hydrogen-bond donors (Lipinski definition) is 2. The van der Waals surface area contributed by atoms with Gasteiger partial charge < -0.3 is 5.73 Å². The highest BCUT2D eigenvalue weighted by Crippen LogP contribution is 2.30. The van der Waals surface area contributed by atoms with Gasteiger partial charge in [0.2, 0.25) is 0 Å². The van der Waals surface area contributed by atoms with Crippen molar-refractivity contribution in [3.8, 4) is 11.3 Å². The Bertz CT molecular complexity index is 666. The van der Waals surface area contributed by atoms with Crippen LogP contribution in [-0.4, -0.2) is 10.2 Å². The molecule has 3 nitrogen and oxygen atoms in total. The molecule has 3 heteroatoms. The number of benzene rings is 2. The fourth-order valence-electron chi connectivity index (χ4n) is 2.02. The van der Waals surface area contributed by atoms with Crippen molar-refractivity contribution in [1.82, 2.24) is 10.2 Å². The molecule has 3 rings (SSSR count). The molecule has 0 spiro atoms. The summed E-state index contributed by atoms with van der Waals surface area (Å²) >= 11 is 0. The first-order chi connectivity index (χ1) is 8.25. The van der Waals surface area contributed by atoms with E-state index in [-0.39, 0.29) is 0 Å². The molecule has 3 aromatic rings. The van der Waals surface area contributed by atoms with E-state index < -0.39 is 0 Å². The maximum Gasteiger partial charge on any atom is 0.102 e. The van der Waals surface area contributed by atoms with Crippen LogP contribution in [0, 0.1) is 6.92 Å². The van der Waals surface area contributed by atoms with Gasteiger partial charge in [-0.05, 0) is 19.1 Å². The molecule has 17 heavy (non-hydrogen) atoms. The normalized spacial score (nSPS) is 10.9. The number of aromatic amines is 1. The lowest BCUT2D eigenvalue weighted by atomic mass is 10.1. The van der Waals surface area contributed by atoms with Gasteiger partial charge >= 0.3 is 0 Å². The lowest BCUT2D eigenvalue weighted by Gasteiger charge is -2.01. The fraction of sp³-hybridized carbons (Fsp3) is 0.0714. The van der Waals surface area contributed by atoms with Crippen LogP contribution in [0.3, 0.4) is 0 Å². The third-order valence-corrected chi connectivity index (χ3v) is 2.95. The Balaban J connectivity index is 2.27. The molecule has 3 N–H and O–H groups in total. The molecular formula is C14H13N3. The number of nitrogens with one attached hydrogen (secondary N) is 1. The molecule has 0 amide bonds. The minimum Gasteiger partial charge on any atom is -0.398 e. The number of aromatic nitrogens is 2. The SMILES string of the molecule is Cc1ccc(-c2n[nH]c3cccc(N)c23)cc1. The molecule has 0 saturated carbocycles. The van der Waals surface area contributed by atoms with Gasteiger partial charge in [-0.15, -0.1) is 0 Å². The average Bonchev–Trinajstić information content (AvgIpc) is 2.75. The van der Waals surface area contributed by atoms with E-state index in [2.05, 4.69) is 41.4 Å². The summed E-state index contributed by atoms with van der Waals surface area (Å²) < 4.78 is 0. The maximum absolute atomic E-state index is 6.01. The molecule has 1 heterocycles. The predicted octanol–water partition coefficient (Wildman–Crippen LogP) is 3.12. The number of nitrogen functional groups attached to an aromatic ring is 1. The molecular weight excluding hydrogens is 210 g/mol. The molecule has 0 aliphatic rings. The first-order valence-corrected chi connectivity index (χ1v) is 5.55. The van der Waals surface area contributed by atoms with Gasteiger partial charge in [-0.3, -0.25) is 5.10 Å². The smallest absolute Gasteiger partial charge is 0.102 e. The average molecular weight is 223 g/mol. The number of fused-ring (bicyclic) bond motifs is 1. The van der Waals surface area contributed by atoms with E-state index in [1.807, 2.05) is 18.2 Å². The van der Waals surface area contributed by atoms with Crippen LogP contribution < -0.4 is 5.73 Å². The van der Waals surface area contributed by atoms with Gasteiger partial charge in [0.1, 0.15) is 5.69 Å². The highest BCUT2D eigenvalue weighted by atomic mass is 15.1. The van der Waals surface area contributed by atoms with Crippen LogP contribution in [-0.2, 0) is 0 Å². The number of hydrogen-bond acceptors (Lipinski definition) is 2. The Kier molecular flexibility index (Phi) is 2.11. The third kappa shape index (κ3) is 1.56. The summed E-state index contributed by atoms with van der Waals surface area (Å²) in [6.45, 7) is 2.07. The Hall–Kier alpha value is -2.29. The quantitative estimate of drug-likeness (QED) is 0.623. The summed E-state index contributed by atoms with van der Waals surface area (Å²) in [4.78, 5) is 0. The summed E-state index contributed by atoms with van der Waals surface area (Å²) in [7, 11) is 0. The summed E-state index contributed by atoms with van der Waals surface area (Å²) in [5.41, 5.74) is 11.0. The van der Waals surface area contributed by atoms with E-state index in [4.69, 9.17) is 5.73 Å². The number of H-pyrrole nitrogens is 1. The largest absolute Gasteiger partial charge is 0.398 e. The monoisotopic (exact) mass is 223 g/mol. The molecule has 0 atom stereocenters. The van der Waals surface area contributed by atoms with Crippen LogP contribution in [0.4, 0.5) is 5.69 Å². The van der Waals surface area contributed by atoms with Gasteiger partial charge in [0, 0.05) is 11.3 Å². The number of aryl methyl sites for hydroxylation is 1. The van der Waals surface area contributed by atoms with Crippen LogP contribution >= 0.6 is 0 Å². The van der Waals surface area contributed by atoms with Crippen molar-refractivity contribution in [1.29, 1.82) is 0 Å². The van der Waals surface area contributed by atoms with Gasteiger partial charge in [0.05, 0.1) is 10.9 Å². The van der Waals surface area contributed by atoms with E-state index >= 15 is 0 Å². The first-order valence-electron chi connectivity index (χ1n) is 5.55. The number of rotatable bonds is 1. The minimum absolute atomic E-state index is 0.756. The fourth-order valence-corrected chi connectivity index (χ4v) is 2.02. The second kappa shape index (κ2) is 3.63. The molecule has 0 bridgehead atoms. The third-order valence-electron chi connectivity index (χ3n) is 2.95. The van der Waals surface area contributed by atoms with Crippen molar-refractivity contribution in [3.05, 3.63) is 48.0 Å². The standard InChI is InChI=1S/C14H13N3/c1-9-5-7-10(8-6-9)14-13-11(15)3-2-4-12(13)16-17-14/h2-8H,15H2,1H3,(H,16,17). The maximum atomic E-state index is 6.01. The van der Waals surface area contributed by atoms with Crippen LogP contribution in [0.2, 0.25) is 0 Å². The first kappa shape index (κ1) is 9.90. The molecule has 0 fully saturated rings. The van der Waals surface area contributed by atoms with Crippen molar-refractivity contribution >= 4 is 16.6 Å². The Morgan fingerprint density at radius 3 is 2.59 bits per heavy atom. The van der Waals surface area contributed by atoms with Gasteiger partial charge in [-0.1, -0.05) is 35.9 Å². The molecule has 1 aromatic heterocycles. The second-order valence-electron chi connectivity index (χ2n) is 4.21. The van der Waals surface area contributed by atoms with E-state index in [9.17, 15) is 0 Å². The van der Waals surface area contributed by atoms with Crippen LogP contribution in [0.5, 0.6) is 0 Å². The zero-order valence-electron chi connectivity index (χ0n) is 9.57. The van der Waals surface area contributed by atoms with E-state index in [0.29, 0.717) is 0 Å². The predicted molar refractivity (Wildman–Crippen MR) is 70.7 cm³/mol. The van der Waals surface area contributed by atoms with Crippen molar-refractivity contribution < 1.29 is 0 Å². The Morgan fingerprint density at radius 2 is 1.82 bits per heavy atom. The molecule has 0 aliphatic heterocycles. The van der Waals surface area contributed by atoms with Crippen molar-refractivity contribution in [2.45, 2.75) is 6.92 Å². The van der Waals surface area contributed by atoms with Crippen molar-refractivity contribution in [2.24, 2.45) is 0 Å². The van der Waals surface area contributed by atoms with Crippen LogP contribution in [0.1, 0.15) is 5.56 Å². The highest BCUT2D eigenvalue weighted by molar-refractivity contribution is 6.01. The second-order valence-corrected chi connectivity index (χ2v) is 4.21. The van der Waals surface area contributed by atoms with Crippen molar-refractivity contribution in [2.75, 3.05) is 5.73 Å². The van der Waals surface area contributed by atoms with E-state index in [0.717, 1.165) is 27.8 Å². The van der Waals surface area contributed by atoms with Gasteiger partial charge in [-0.25, -0.2) is 0 Å². The lowest BCUT2D eigenvalue weighted by Crippen LogP contribution is -1.86. The summed E-state index contributed by atoms with van der Waals surface area (Å²) in [5, 5.41) is 8.36. The molecule has 0 unspecified atom stereocenters. The molecule has 2 aromatic carbocycles. The zero-order chi connectivity index (χ0) is 11.8. The van der Waals surface area contributed by atoms with E-state index in [1.165, 1.54) is 5.56 Å². The summed E-state index contributed by atoms with van der Waals surface area (Å²) in [6, 6.07) is 14.1. The summed E-state index contributed by atoms with van der Waals surface area (Å²) in [5.74, 6) is 0. The zero-order valence-corrected chi connectivity index (χ0v) is 9.57. The highest BCUT2D eigenvalue weighted by Gasteiger charge is 2.09. The van der Waals surface area contributed by atoms with Gasteiger partial charge in [0.15, 0.2) is 0 Å². The minimum atomic E-state index is 0.756. The number of nitrogens with zero attached hydrogens (tertiary/aromatic N) is 1. The Morgan fingerprint density at radius 1 is 1.06 bits per heavy atom.